The summed E-state index contributed by atoms with van der Waals surface area (Å²) in [5.41, 5.74) is 0.870. The standard InChI is InChI=1S/C15H15ClN2O3/c1-10(19)18-11-7-13(16)15(20)14(8-11)17-9-21-12-5-3-2-4-6-12/h2-8,17,20H,9H2,1H3,(H,18,19). The number of amides is 1. The molecule has 110 valence electrons. The average Bonchev–Trinajstić information content (AvgIpc) is 2.44. The van der Waals surface area contributed by atoms with Gasteiger partial charge in [-0.15, -0.1) is 0 Å². The van der Waals surface area contributed by atoms with Gasteiger partial charge in [0, 0.05) is 12.6 Å². The lowest BCUT2D eigenvalue weighted by Gasteiger charge is -2.13. The first-order valence-electron chi connectivity index (χ1n) is 6.28. The van der Waals surface area contributed by atoms with Gasteiger partial charge in [0.15, 0.2) is 12.5 Å². The summed E-state index contributed by atoms with van der Waals surface area (Å²) < 4.78 is 5.47. The van der Waals surface area contributed by atoms with Crippen LogP contribution in [0, 0.1) is 0 Å². The molecule has 0 saturated carbocycles. The second kappa shape index (κ2) is 6.85. The SMILES string of the molecule is CC(=O)Nc1cc(Cl)c(O)c(NCOc2ccccc2)c1. The molecule has 21 heavy (non-hydrogen) atoms. The van der Waals surface area contributed by atoms with Crippen LogP contribution in [0.1, 0.15) is 6.92 Å². The van der Waals surface area contributed by atoms with Crippen molar-refractivity contribution in [1.82, 2.24) is 0 Å². The Hall–Kier alpha value is -2.40. The topological polar surface area (TPSA) is 70.6 Å². The van der Waals surface area contributed by atoms with Crippen molar-refractivity contribution in [2.45, 2.75) is 6.92 Å². The first-order chi connectivity index (χ1) is 10.1. The summed E-state index contributed by atoms with van der Waals surface area (Å²) in [7, 11) is 0. The van der Waals surface area contributed by atoms with E-state index in [4.69, 9.17) is 16.3 Å². The fraction of sp³-hybridized carbons (Fsp3) is 0.133. The monoisotopic (exact) mass is 306 g/mol. The largest absolute Gasteiger partial charge is 0.504 e. The molecule has 2 rings (SSSR count). The highest BCUT2D eigenvalue weighted by molar-refractivity contribution is 6.32. The molecule has 3 N–H and O–H groups in total. The molecular weight excluding hydrogens is 292 g/mol. The second-order valence-electron chi connectivity index (χ2n) is 4.31. The number of hydrogen-bond donors (Lipinski definition) is 3. The number of benzene rings is 2. The Bertz CT molecular complexity index is 632. The molecule has 0 aliphatic heterocycles. The quantitative estimate of drug-likeness (QED) is 0.449. The summed E-state index contributed by atoms with van der Waals surface area (Å²) in [6.45, 7) is 1.55. The van der Waals surface area contributed by atoms with E-state index in [1.165, 1.54) is 13.0 Å². The van der Waals surface area contributed by atoms with E-state index in [0.29, 0.717) is 17.1 Å². The van der Waals surface area contributed by atoms with Gasteiger partial charge in [0.25, 0.3) is 0 Å². The summed E-state index contributed by atoms with van der Waals surface area (Å²) in [4.78, 5) is 11.1. The Morgan fingerprint density at radius 2 is 2.00 bits per heavy atom. The van der Waals surface area contributed by atoms with E-state index in [1.807, 2.05) is 30.3 Å². The van der Waals surface area contributed by atoms with Gasteiger partial charge in [0.1, 0.15) is 5.75 Å². The van der Waals surface area contributed by atoms with Crippen molar-refractivity contribution in [1.29, 1.82) is 0 Å². The van der Waals surface area contributed by atoms with Crippen molar-refractivity contribution < 1.29 is 14.6 Å². The summed E-state index contributed by atoms with van der Waals surface area (Å²) in [6, 6.07) is 12.3. The molecule has 0 heterocycles. The highest BCUT2D eigenvalue weighted by Gasteiger charge is 2.09. The number of phenolic OH excluding ortho intramolecular Hbond substituents is 1. The molecule has 2 aromatic carbocycles. The van der Waals surface area contributed by atoms with Crippen LogP contribution in [-0.2, 0) is 4.79 Å². The van der Waals surface area contributed by atoms with Crippen LogP contribution < -0.4 is 15.4 Å². The zero-order valence-corrected chi connectivity index (χ0v) is 12.1. The average molecular weight is 307 g/mol. The van der Waals surface area contributed by atoms with Gasteiger partial charge < -0.3 is 20.5 Å². The van der Waals surface area contributed by atoms with Crippen LogP contribution in [-0.4, -0.2) is 17.7 Å². The minimum atomic E-state index is -0.219. The highest BCUT2D eigenvalue weighted by Crippen LogP contribution is 2.35. The number of para-hydroxylation sites is 1. The maximum atomic E-state index is 11.1. The molecule has 0 radical (unpaired) electrons. The maximum Gasteiger partial charge on any atom is 0.221 e. The third-order valence-electron chi connectivity index (χ3n) is 2.63. The predicted octanol–water partition coefficient (Wildman–Crippen LogP) is 3.45. The van der Waals surface area contributed by atoms with Crippen molar-refractivity contribution in [3.8, 4) is 11.5 Å². The number of anilines is 2. The normalized spacial score (nSPS) is 10.0. The number of aromatic hydroxyl groups is 1. The van der Waals surface area contributed by atoms with Crippen LogP contribution in [0.25, 0.3) is 0 Å². The molecule has 0 saturated heterocycles. The zero-order chi connectivity index (χ0) is 15.2. The van der Waals surface area contributed by atoms with Crippen LogP contribution in [0.3, 0.4) is 0 Å². The number of rotatable bonds is 5. The van der Waals surface area contributed by atoms with E-state index in [1.54, 1.807) is 6.07 Å². The number of carbonyl (C=O) groups is 1. The smallest absolute Gasteiger partial charge is 0.221 e. The number of phenols is 1. The van der Waals surface area contributed by atoms with Gasteiger partial charge in [-0.05, 0) is 24.3 Å². The van der Waals surface area contributed by atoms with Gasteiger partial charge in [-0.1, -0.05) is 29.8 Å². The number of hydrogen-bond acceptors (Lipinski definition) is 4. The minimum Gasteiger partial charge on any atom is -0.504 e. The van der Waals surface area contributed by atoms with Gasteiger partial charge in [0.05, 0.1) is 10.7 Å². The molecule has 0 fully saturated rings. The third-order valence-corrected chi connectivity index (χ3v) is 2.92. The van der Waals surface area contributed by atoms with E-state index in [9.17, 15) is 9.90 Å². The molecule has 0 spiro atoms. The van der Waals surface area contributed by atoms with Crippen LogP contribution in [0.5, 0.6) is 11.5 Å². The first-order valence-corrected chi connectivity index (χ1v) is 6.66. The Morgan fingerprint density at radius 3 is 2.67 bits per heavy atom. The summed E-state index contributed by atoms with van der Waals surface area (Å²) in [5, 5.41) is 15.5. The van der Waals surface area contributed by atoms with E-state index in [-0.39, 0.29) is 23.4 Å². The fourth-order valence-corrected chi connectivity index (χ4v) is 1.94. The molecular formula is C15H15ClN2O3. The highest BCUT2D eigenvalue weighted by atomic mass is 35.5. The second-order valence-corrected chi connectivity index (χ2v) is 4.72. The Labute approximate surface area is 127 Å². The first kappa shape index (κ1) is 15.0. The van der Waals surface area contributed by atoms with Crippen molar-refractivity contribution in [2.24, 2.45) is 0 Å². The molecule has 6 heteroatoms. The van der Waals surface area contributed by atoms with Crippen LogP contribution >= 0.6 is 11.6 Å². The summed E-state index contributed by atoms with van der Waals surface area (Å²) in [6.07, 6.45) is 0. The molecule has 0 bridgehead atoms. The van der Waals surface area contributed by atoms with Gasteiger partial charge in [-0.3, -0.25) is 4.79 Å². The van der Waals surface area contributed by atoms with Crippen LogP contribution in [0.4, 0.5) is 11.4 Å². The molecule has 0 aliphatic carbocycles. The van der Waals surface area contributed by atoms with Gasteiger partial charge in [-0.2, -0.15) is 0 Å². The maximum absolute atomic E-state index is 11.1. The lowest BCUT2D eigenvalue weighted by molar-refractivity contribution is -0.114. The van der Waals surface area contributed by atoms with Crippen molar-refractivity contribution >= 4 is 28.9 Å². The molecule has 5 nitrogen and oxygen atoms in total. The lowest BCUT2D eigenvalue weighted by Crippen LogP contribution is -2.10. The molecule has 0 unspecified atom stereocenters. The minimum absolute atomic E-state index is 0.0950. The number of nitrogens with one attached hydrogen (secondary N) is 2. The Balaban J connectivity index is 2.04. The van der Waals surface area contributed by atoms with E-state index < -0.39 is 0 Å². The molecule has 0 aromatic heterocycles. The van der Waals surface area contributed by atoms with Crippen LogP contribution in [0.15, 0.2) is 42.5 Å². The molecule has 1 amide bonds. The zero-order valence-electron chi connectivity index (χ0n) is 11.4. The van der Waals surface area contributed by atoms with Crippen molar-refractivity contribution in [3.63, 3.8) is 0 Å². The Morgan fingerprint density at radius 1 is 1.29 bits per heavy atom. The number of halogens is 1. The fourth-order valence-electron chi connectivity index (χ4n) is 1.72. The van der Waals surface area contributed by atoms with Gasteiger partial charge >= 0.3 is 0 Å². The molecule has 0 aliphatic rings. The van der Waals surface area contributed by atoms with Gasteiger partial charge in [-0.25, -0.2) is 0 Å². The lowest BCUT2D eigenvalue weighted by atomic mass is 10.2. The van der Waals surface area contributed by atoms with E-state index in [0.717, 1.165) is 0 Å². The molecule has 0 atom stereocenters. The number of carbonyl (C=O) groups excluding carboxylic acids is 1. The Kier molecular flexibility index (Phi) is 4.90. The summed E-state index contributed by atoms with van der Waals surface area (Å²) >= 11 is 5.92. The molecule has 2 aromatic rings. The van der Waals surface area contributed by atoms with E-state index in [2.05, 4.69) is 10.6 Å². The van der Waals surface area contributed by atoms with Gasteiger partial charge in [0.2, 0.25) is 5.91 Å². The van der Waals surface area contributed by atoms with E-state index >= 15 is 0 Å². The van der Waals surface area contributed by atoms with Crippen molar-refractivity contribution in [3.05, 3.63) is 47.5 Å². The third kappa shape index (κ3) is 4.29. The predicted molar refractivity (Wildman–Crippen MR) is 83.0 cm³/mol. The van der Waals surface area contributed by atoms with Crippen molar-refractivity contribution in [2.75, 3.05) is 17.4 Å². The number of ether oxygens (including phenoxy) is 1. The summed E-state index contributed by atoms with van der Waals surface area (Å²) in [5.74, 6) is 0.388. The van der Waals surface area contributed by atoms with Crippen LogP contribution in [0.2, 0.25) is 5.02 Å².